The summed E-state index contributed by atoms with van der Waals surface area (Å²) < 4.78 is 0. The number of nitrogens with one attached hydrogen (secondary N) is 1. The molecule has 1 heterocycles. The summed E-state index contributed by atoms with van der Waals surface area (Å²) in [6.45, 7) is 1.15. The van der Waals surface area contributed by atoms with E-state index < -0.39 is 0 Å². The van der Waals surface area contributed by atoms with Crippen LogP contribution in [0, 0.1) is 5.92 Å². The van der Waals surface area contributed by atoms with Crippen molar-refractivity contribution in [2.75, 3.05) is 13.6 Å². The van der Waals surface area contributed by atoms with Crippen molar-refractivity contribution < 1.29 is 4.79 Å². The summed E-state index contributed by atoms with van der Waals surface area (Å²) in [7, 11) is 3.54. The van der Waals surface area contributed by atoms with Crippen molar-refractivity contribution in [2.45, 2.75) is 38.6 Å². The zero-order valence-electron chi connectivity index (χ0n) is 11.7. The summed E-state index contributed by atoms with van der Waals surface area (Å²) in [4.78, 5) is 15.1. The highest BCUT2D eigenvalue weighted by Gasteiger charge is 2.18. The van der Waals surface area contributed by atoms with Crippen LogP contribution >= 0.6 is 0 Å². The van der Waals surface area contributed by atoms with E-state index in [1.54, 1.807) is 11.9 Å². The molecule has 0 radical (unpaired) electrons. The van der Waals surface area contributed by atoms with Gasteiger partial charge in [0.05, 0.1) is 13.6 Å². The minimum atomic E-state index is -0.0713. The molecule has 106 valence electrons. The van der Waals surface area contributed by atoms with Gasteiger partial charge in [-0.2, -0.15) is 4.80 Å². The fraction of sp³-hybridized carbons (Fsp3) is 0.833. The molecule has 2 amide bonds. The second-order valence-electron chi connectivity index (χ2n) is 5.24. The topological polar surface area (TPSA) is 75.9 Å². The minimum Gasteiger partial charge on any atom is -0.331 e. The largest absolute Gasteiger partial charge is 0.331 e. The first-order chi connectivity index (χ1) is 9.15. The molecule has 0 aromatic carbocycles. The number of carbonyl (C=O) groups excluding carboxylic acids is 1. The molecule has 1 fully saturated rings. The van der Waals surface area contributed by atoms with Crippen LogP contribution in [0.5, 0.6) is 0 Å². The van der Waals surface area contributed by atoms with E-state index in [4.69, 9.17) is 0 Å². The highest BCUT2D eigenvalue weighted by Crippen LogP contribution is 2.23. The van der Waals surface area contributed by atoms with E-state index >= 15 is 0 Å². The summed E-state index contributed by atoms with van der Waals surface area (Å²) in [6, 6.07) is -0.0713. The van der Waals surface area contributed by atoms with Crippen molar-refractivity contribution in [1.29, 1.82) is 0 Å². The minimum absolute atomic E-state index is 0.0713. The smallest absolute Gasteiger partial charge is 0.317 e. The van der Waals surface area contributed by atoms with Crippen molar-refractivity contribution in [3.05, 3.63) is 5.82 Å². The molecule has 1 saturated carbocycles. The summed E-state index contributed by atoms with van der Waals surface area (Å²) in [5.41, 5.74) is 0. The van der Waals surface area contributed by atoms with Gasteiger partial charge < -0.3 is 10.2 Å². The van der Waals surface area contributed by atoms with E-state index in [1.807, 2.05) is 7.05 Å². The Bertz CT molecular complexity index is 412. The molecule has 1 aromatic rings. The zero-order chi connectivity index (χ0) is 13.7. The predicted molar refractivity (Wildman–Crippen MR) is 70.2 cm³/mol. The highest BCUT2D eigenvalue weighted by atomic mass is 16.2. The molecule has 19 heavy (non-hydrogen) atoms. The fourth-order valence-corrected chi connectivity index (χ4v) is 2.52. The van der Waals surface area contributed by atoms with Gasteiger partial charge in [-0.25, -0.2) is 4.79 Å². The average Bonchev–Trinajstić information content (AvgIpc) is 2.83. The lowest BCUT2D eigenvalue weighted by molar-refractivity contribution is 0.191. The third-order valence-electron chi connectivity index (χ3n) is 3.55. The van der Waals surface area contributed by atoms with Gasteiger partial charge in [-0.15, -0.1) is 10.2 Å². The maximum atomic E-state index is 11.9. The molecule has 0 saturated heterocycles. The first-order valence-corrected chi connectivity index (χ1v) is 6.87. The normalized spacial score (nSPS) is 16.3. The van der Waals surface area contributed by atoms with Gasteiger partial charge in [-0.3, -0.25) is 0 Å². The Morgan fingerprint density at radius 2 is 2.16 bits per heavy atom. The lowest BCUT2D eigenvalue weighted by atomic mass is 9.89. The molecule has 0 spiro atoms. The van der Waals surface area contributed by atoms with Crippen molar-refractivity contribution >= 4 is 6.03 Å². The molecule has 1 N–H and O–H groups in total. The predicted octanol–water partition coefficient (Wildman–Crippen LogP) is 0.932. The Kier molecular flexibility index (Phi) is 4.70. The number of nitrogens with zero attached hydrogens (tertiary/aromatic N) is 5. The van der Waals surface area contributed by atoms with Crippen LogP contribution in [-0.4, -0.2) is 44.7 Å². The fourth-order valence-electron chi connectivity index (χ4n) is 2.52. The monoisotopic (exact) mass is 266 g/mol. The maximum Gasteiger partial charge on any atom is 0.317 e. The van der Waals surface area contributed by atoms with Crippen LogP contribution in [0.1, 0.15) is 37.9 Å². The Hall–Kier alpha value is -1.66. The molecule has 7 heteroatoms. The van der Waals surface area contributed by atoms with Crippen molar-refractivity contribution in [2.24, 2.45) is 13.0 Å². The number of hydrogen-bond acceptors (Lipinski definition) is 4. The van der Waals surface area contributed by atoms with E-state index in [9.17, 15) is 4.79 Å². The van der Waals surface area contributed by atoms with E-state index in [2.05, 4.69) is 20.7 Å². The second-order valence-corrected chi connectivity index (χ2v) is 5.24. The lowest BCUT2D eigenvalue weighted by Crippen LogP contribution is -2.40. The number of rotatable bonds is 4. The Balaban J connectivity index is 1.72. The summed E-state index contributed by atoms with van der Waals surface area (Å²) >= 11 is 0. The number of hydrogen-bond donors (Lipinski definition) is 1. The molecule has 2 rings (SSSR count). The number of amides is 2. The quantitative estimate of drug-likeness (QED) is 0.879. The maximum absolute atomic E-state index is 11.9. The molecule has 7 nitrogen and oxygen atoms in total. The van der Waals surface area contributed by atoms with Gasteiger partial charge in [-0.1, -0.05) is 19.3 Å². The molecule has 1 aliphatic rings. The van der Waals surface area contributed by atoms with Crippen LogP contribution in [0.15, 0.2) is 0 Å². The first kappa shape index (κ1) is 13.8. The third-order valence-corrected chi connectivity index (χ3v) is 3.55. The van der Waals surface area contributed by atoms with Crippen LogP contribution < -0.4 is 5.32 Å². The summed E-state index contributed by atoms with van der Waals surface area (Å²) in [6.07, 6.45) is 6.41. The standard InChI is InChI=1S/C12H22N6O/c1-17(9-10-6-4-3-5-7-10)12(19)13-8-11-14-16-18(2)15-11/h10H,3-9H2,1-2H3,(H,13,19). The summed E-state index contributed by atoms with van der Waals surface area (Å²) in [5.74, 6) is 1.18. The van der Waals surface area contributed by atoms with Crippen LogP contribution in [0.3, 0.4) is 0 Å². The summed E-state index contributed by atoms with van der Waals surface area (Å²) in [5, 5.41) is 14.4. The Morgan fingerprint density at radius 1 is 1.42 bits per heavy atom. The molecular weight excluding hydrogens is 244 g/mol. The molecule has 0 aliphatic heterocycles. The van der Waals surface area contributed by atoms with E-state index in [0.717, 1.165) is 6.54 Å². The number of aromatic nitrogens is 4. The Morgan fingerprint density at radius 3 is 2.79 bits per heavy atom. The van der Waals surface area contributed by atoms with E-state index in [0.29, 0.717) is 18.3 Å². The van der Waals surface area contributed by atoms with Crippen LogP contribution in [0.25, 0.3) is 0 Å². The number of tetrazole rings is 1. The van der Waals surface area contributed by atoms with Crippen molar-refractivity contribution in [1.82, 2.24) is 30.4 Å². The van der Waals surface area contributed by atoms with Gasteiger partial charge in [0.1, 0.15) is 0 Å². The number of urea groups is 1. The van der Waals surface area contributed by atoms with Gasteiger partial charge in [0, 0.05) is 13.6 Å². The third kappa shape index (κ3) is 4.18. The van der Waals surface area contributed by atoms with Crippen LogP contribution in [0.2, 0.25) is 0 Å². The van der Waals surface area contributed by atoms with Gasteiger partial charge in [-0.05, 0) is 24.0 Å². The van der Waals surface area contributed by atoms with E-state index in [-0.39, 0.29) is 6.03 Å². The van der Waals surface area contributed by atoms with E-state index in [1.165, 1.54) is 36.9 Å². The molecule has 0 unspecified atom stereocenters. The lowest BCUT2D eigenvalue weighted by Gasteiger charge is -2.27. The molecule has 1 aromatic heterocycles. The SMILES string of the molecule is CN(CC1CCCCC1)C(=O)NCc1nnn(C)n1. The van der Waals surface area contributed by atoms with Gasteiger partial charge in [0.15, 0.2) is 5.82 Å². The average molecular weight is 266 g/mol. The highest BCUT2D eigenvalue weighted by molar-refractivity contribution is 5.73. The van der Waals surface area contributed by atoms with Gasteiger partial charge >= 0.3 is 6.03 Å². The van der Waals surface area contributed by atoms with Gasteiger partial charge in [0.25, 0.3) is 0 Å². The van der Waals surface area contributed by atoms with Crippen LogP contribution in [0.4, 0.5) is 4.79 Å². The molecule has 0 atom stereocenters. The van der Waals surface area contributed by atoms with Gasteiger partial charge in [0.2, 0.25) is 0 Å². The molecule has 1 aliphatic carbocycles. The van der Waals surface area contributed by atoms with Crippen molar-refractivity contribution in [3.63, 3.8) is 0 Å². The van der Waals surface area contributed by atoms with Crippen LogP contribution in [-0.2, 0) is 13.6 Å². The second kappa shape index (κ2) is 6.49. The molecular formula is C12H22N6O. The number of aryl methyl sites for hydroxylation is 1. The van der Waals surface area contributed by atoms with Crippen molar-refractivity contribution in [3.8, 4) is 0 Å². The first-order valence-electron chi connectivity index (χ1n) is 6.87. The molecule has 0 bridgehead atoms. The zero-order valence-corrected chi connectivity index (χ0v) is 11.7. The number of carbonyl (C=O) groups is 1. The Labute approximate surface area is 113 Å².